The Balaban J connectivity index is 2.70. The zero-order chi connectivity index (χ0) is 15.1. The standard InChI is InChI=1S/C14H16N2O4/c1-14(2)5-9-11(10(17)6-14)7(13(19)20-3)4-8(16-9)12(15)18/h4H,5-6H2,1-3H3,(H2,15,18). The minimum atomic E-state index is -0.742. The summed E-state index contributed by atoms with van der Waals surface area (Å²) in [4.78, 5) is 39.5. The Labute approximate surface area is 116 Å². The van der Waals surface area contributed by atoms with Gasteiger partial charge in [-0.05, 0) is 17.9 Å². The Morgan fingerprint density at radius 3 is 2.55 bits per heavy atom. The number of fused-ring (bicyclic) bond motifs is 1. The molecule has 6 nitrogen and oxygen atoms in total. The van der Waals surface area contributed by atoms with E-state index in [-0.39, 0.29) is 28.0 Å². The van der Waals surface area contributed by atoms with Gasteiger partial charge in [0, 0.05) is 6.42 Å². The lowest BCUT2D eigenvalue weighted by molar-refractivity contribution is 0.0594. The average molecular weight is 276 g/mol. The molecule has 6 heteroatoms. The Hall–Kier alpha value is -2.24. The summed E-state index contributed by atoms with van der Waals surface area (Å²) in [5.41, 5.74) is 5.67. The van der Waals surface area contributed by atoms with Crippen molar-refractivity contribution in [2.45, 2.75) is 26.7 Å². The monoisotopic (exact) mass is 276 g/mol. The largest absolute Gasteiger partial charge is 0.465 e. The first kappa shape index (κ1) is 14.2. The first-order valence-electron chi connectivity index (χ1n) is 6.20. The number of nitrogens with zero attached hydrogens (tertiary/aromatic N) is 1. The van der Waals surface area contributed by atoms with E-state index in [4.69, 9.17) is 5.73 Å². The van der Waals surface area contributed by atoms with Gasteiger partial charge in [-0.3, -0.25) is 9.59 Å². The fourth-order valence-corrected chi connectivity index (χ4v) is 2.47. The minimum absolute atomic E-state index is 0.0327. The first-order chi connectivity index (χ1) is 9.25. The maximum Gasteiger partial charge on any atom is 0.338 e. The summed E-state index contributed by atoms with van der Waals surface area (Å²) in [5.74, 6) is -1.58. The van der Waals surface area contributed by atoms with E-state index in [1.165, 1.54) is 13.2 Å². The molecule has 1 aliphatic rings. The Morgan fingerprint density at radius 1 is 1.35 bits per heavy atom. The van der Waals surface area contributed by atoms with Crippen LogP contribution in [-0.2, 0) is 11.2 Å². The third-order valence-electron chi connectivity index (χ3n) is 3.32. The van der Waals surface area contributed by atoms with Crippen molar-refractivity contribution in [1.29, 1.82) is 0 Å². The van der Waals surface area contributed by atoms with E-state index in [1.54, 1.807) is 0 Å². The Morgan fingerprint density at radius 2 is 2.00 bits per heavy atom. The van der Waals surface area contributed by atoms with E-state index in [0.717, 1.165) is 0 Å². The van der Waals surface area contributed by atoms with Crippen molar-refractivity contribution >= 4 is 17.7 Å². The molecule has 1 aromatic heterocycles. The van der Waals surface area contributed by atoms with Crippen LogP contribution in [0.15, 0.2) is 6.07 Å². The number of ether oxygens (including phenoxy) is 1. The van der Waals surface area contributed by atoms with Gasteiger partial charge in [0.15, 0.2) is 5.78 Å². The van der Waals surface area contributed by atoms with E-state index in [0.29, 0.717) is 18.5 Å². The zero-order valence-corrected chi connectivity index (χ0v) is 11.6. The van der Waals surface area contributed by atoms with Gasteiger partial charge < -0.3 is 10.5 Å². The summed E-state index contributed by atoms with van der Waals surface area (Å²) in [6, 6.07) is 1.23. The third-order valence-corrected chi connectivity index (χ3v) is 3.32. The number of Topliss-reactive ketones (excluding diaryl/α,β-unsaturated/α-hetero) is 1. The van der Waals surface area contributed by atoms with Crippen LogP contribution >= 0.6 is 0 Å². The van der Waals surface area contributed by atoms with Crippen molar-refractivity contribution in [2.24, 2.45) is 11.1 Å². The topological polar surface area (TPSA) is 99.3 Å². The van der Waals surface area contributed by atoms with Crippen LogP contribution in [0, 0.1) is 5.41 Å². The zero-order valence-electron chi connectivity index (χ0n) is 11.6. The van der Waals surface area contributed by atoms with Crippen LogP contribution in [0.4, 0.5) is 0 Å². The predicted molar refractivity (Wildman–Crippen MR) is 70.5 cm³/mol. The number of amides is 1. The summed E-state index contributed by atoms with van der Waals surface area (Å²) < 4.78 is 4.67. The molecule has 0 spiro atoms. The van der Waals surface area contributed by atoms with E-state index in [9.17, 15) is 14.4 Å². The third kappa shape index (κ3) is 2.41. The van der Waals surface area contributed by atoms with Gasteiger partial charge in [0.25, 0.3) is 5.91 Å². The van der Waals surface area contributed by atoms with Crippen LogP contribution in [0.5, 0.6) is 0 Å². The smallest absolute Gasteiger partial charge is 0.338 e. The number of nitrogens with two attached hydrogens (primary N) is 1. The number of esters is 1. The van der Waals surface area contributed by atoms with Gasteiger partial charge in [-0.2, -0.15) is 0 Å². The molecule has 0 saturated carbocycles. The lowest BCUT2D eigenvalue weighted by Gasteiger charge is -2.30. The summed E-state index contributed by atoms with van der Waals surface area (Å²) >= 11 is 0. The molecule has 0 radical (unpaired) electrons. The Kier molecular flexibility index (Phi) is 3.33. The van der Waals surface area contributed by atoms with Gasteiger partial charge in [0.05, 0.1) is 23.9 Å². The molecule has 0 unspecified atom stereocenters. The maximum atomic E-state index is 12.3. The van der Waals surface area contributed by atoms with Crippen LogP contribution in [0.3, 0.4) is 0 Å². The molecule has 0 atom stereocenters. The molecule has 1 aromatic rings. The lowest BCUT2D eigenvalue weighted by atomic mass is 9.74. The molecule has 0 bridgehead atoms. The van der Waals surface area contributed by atoms with E-state index in [1.807, 2.05) is 13.8 Å². The fraction of sp³-hybridized carbons (Fsp3) is 0.429. The maximum absolute atomic E-state index is 12.3. The van der Waals surface area contributed by atoms with Gasteiger partial charge >= 0.3 is 5.97 Å². The minimum Gasteiger partial charge on any atom is -0.465 e. The number of carbonyl (C=O) groups excluding carboxylic acids is 3. The van der Waals surface area contributed by atoms with Crippen molar-refractivity contribution in [1.82, 2.24) is 4.98 Å². The Bertz CT molecular complexity index is 620. The van der Waals surface area contributed by atoms with Crippen molar-refractivity contribution in [3.8, 4) is 0 Å². The normalized spacial score (nSPS) is 16.4. The molecule has 0 saturated heterocycles. The molecule has 2 rings (SSSR count). The summed E-state index contributed by atoms with van der Waals surface area (Å²) in [5, 5.41) is 0. The first-order valence-corrected chi connectivity index (χ1v) is 6.20. The van der Waals surface area contributed by atoms with Crippen LogP contribution in [-0.4, -0.2) is 29.8 Å². The van der Waals surface area contributed by atoms with Gasteiger partial charge in [0.1, 0.15) is 5.69 Å². The van der Waals surface area contributed by atoms with Crippen LogP contribution in [0.2, 0.25) is 0 Å². The molecular formula is C14H16N2O4. The number of hydrogen-bond donors (Lipinski definition) is 1. The second-order valence-corrected chi connectivity index (χ2v) is 5.67. The number of primary amides is 1. The molecule has 1 amide bonds. The molecule has 0 aromatic carbocycles. The van der Waals surface area contributed by atoms with Gasteiger partial charge in [0.2, 0.25) is 0 Å². The van der Waals surface area contributed by atoms with Crippen LogP contribution < -0.4 is 5.73 Å². The average Bonchev–Trinajstić information content (AvgIpc) is 2.34. The second-order valence-electron chi connectivity index (χ2n) is 5.67. The number of rotatable bonds is 2. The van der Waals surface area contributed by atoms with Gasteiger partial charge in [-0.1, -0.05) is 13.8 Å². The summed E-state index contributed by atoms with van der Waals surface area (Å²) in [7, 11) is 1.22. The molecule has 0 aliphatic heterocycles. The molecule has 20 heavy (non-hydrogen) atoms. The molecule has 0 fully saturated rings. The lowest BCUT2D eigenvalue weighted by Crippen LogP contribution is -2.31. The molecule has 2 N–H and O–H groups in total. The van der Waals surface area contributed by atoms with Crippen molar-refractivity contribution in [2.75, 3.05) is 7.11 Å². The molecular weight excluding hydrogens is 260 g/mol. The highest BCUT2D eigenvalue weighted by molar-refractivity contribution is 6.09. The molecule has 1 heterocycles. The summed E-state index contributed by atoms with van der Waals surface area (Å²) in [6.45, 7) is 3.87. The van der Waals surface area contributed by atoms with Crippen molar-refractivity contribution in [3.05, 3.63) is 28.6 Å². The van der Waals surface area contributed by atoms with Crippen LogP contribution in [0.1, 0.15) is 57.2 Å². The summed E-state index contributed by atoms with van der Waals surface area (Å²) in [6.07, 6.45) is 0.820. The number of carbonyl (C=O) groups is 3. The van der Waals surface area contributed by atoms with E-state index >= 15 is 0 Å². The highest BCUT2D eigenvalue weighted by Crippen LogP contribution is 2.35. The van der Waals surface area contributed by atoms with Crippen LogP contribution in [0.25, 0.3) is 0 Å². The molecule has 106 valence electrons. The van der Waals surface area contributed by atoms with Gasteiger partial charge in [-0.15, -0.1) is 0 Å². The quantitative estimate of drug-likeness (QED) is 0.816. The van der Waals surface area contributed by atoms with E-state index < -0.39 is 11.9 Å². The van der Waals surface area contributed by atoms with E-state index in [2.05, 4.69) is 9.72 Å². The van der Waals surface area contributed by atoms with Crippen molar-refractivity contribution in [3.63, 3.8) is 0 Å². The fourth-order valence-electron chi connectivity index (χ4n) is 2.47. The number of hydrogen-bond acceptors (Lipinski definition) is 5. The highest BCUT2D eigenvalue weighted by atomic mass is 16.5. The highest BCUT2D eigenvalue weighted by Gasteiger charge is 2.35. The number of methoxy groups -OCH3 is 1. The number of pyridine rings is 1. The molecule has 1 aliphatic carbocycles. The SMILES string of the molecule is COC(=O)c1cc(C(N)=O)nc2c1C(=O)CC(C)(C)C2. The second kappa shape index (κ2) is 4.70. The van der Waals surface area contributed by atoms with Crippen molar-refractivity contribution < 1.29 is 19.1 Å². The predicted octanol–water partition coefficient (Wildman–Crippen LogP) is 1.12. The van der Waals surface area contributed by atoms with Gasteiger partial charge in [-0.25, -0.2) is 9.78 Å². The number of ketones is 1. The number of aromatic nitrogens is 1.